The number of rotatable bonds is 12. The van der Waals surface area contributed by atoms with Gasteiger partial charge in [-0.15, -0.1) is 0 Å². The van der Waals surface area contributed by atoms with Gasteiger partial charge in [0, 0.05) is 68.7 Å². The first-order chi connectivity index (χ1) is 23.0. The van der Waals surface area contributed by atoms with Crippen molar-refractivity contribution in [1.82, 2.24) is 14.8 Å². The van der Waals surface area contributed by atoms with E-state index in [0.717, 1.165) is 34.3 Å². The summed E-state index contributed by atoms with van der Waals surface area (Å²) >= 11 is 0. The highest BCUT2D eigenvalue weighted by atomic mass is 16.5. The number of fused-ring (bicyclic) bond motifs is 1. The van der Waals surface area contributed by atoms with Crippen LogP contribution in [0.3, 0.4) is 0 Å². The minimum atomic E-state index is -1.02. The molecule has 4 aromatic rings. The largest absolute Gasteiger partial charge is 0.494 e. The lowest BCUT2D eigenvalue weighted by molar-refractivity contribution is -0.124. The van der Waals surface area contributed by atoms with Crippen LogP contribution in [0.5, 0.6) is 5.75 Å². The number of aryl methyl sites for hydroxylation is 1. The number of likely N-dealkylation sites (N-methyl/N-ethyl adjacent to an activating group) is 2. The van der Waals surface area contributed by atoms with Crippen LogP contribution in [0.4, 0.5) is 17.1 Å². The molecule has 11 nitrogen and oxygen atoms in total. The maximum absolute atomic E-state index is 13.9. The molecule has 0 bridgehead atoms. The molecule has 3 N–H and O–H groups in total. The fourth-order valence-corrected chi connectivity index (χ4v) is 5.89. The Morgan fingerprint density at radius 2 is 1.77 bits per heavy atom. The van der Waals surface area contributed by atoms with Gasteiger partial charge >= 0.3 is 0 Å². The van der Waals surface area contributed by atoms with Crippen molar-refractivity contribution in [3.05, 3.63) is 96.7 Å². The quantitative estimate of drug-likeness (QED) is 0.186. The lowest BCUT2D eigenvalue weighted by Gasteiger charge is -2.34. The smallest absolute Gasteiger partial charge is 0.247 e. The Labute approximate surface area is 282 Å². The Bertz CT molecular complexity index is 1860. The lowest BCUT2D eigenvalue weighted by atomic mass is 9.79. The van der Waals surface area contributed by atoms with E-state index < -0.39 is 11.5 Å². The van der Waals surface area contributed by atoms with Crippen molar-refractivity contribution < 1.29 is 14.3 Å². The van der Waals surface area contributed by atoms with Crippen LogP contribution in [0.2, 0.25) is 0 Å². The monoisotopic (exact) mass is 648 g/mol. The van der Waals surface area contributed by atoms with Crippen molar-refractivity contribution >= 4 is 52.0 Å². The number of methoxy groups -OCH3 is 1. The number of carbonyl (C=O) groups is 2. The number of hydrogen-bond acceptors (Lipinski definition) is 8. The standard InChI is InChI=1S/C37H44N8O3/c1-8-34(46)40-29-20-30(33(48-7)21-32(29)44(5)19-18-43(3)4)41-36-39-23-27(35(47)38-22-25-14-10-9-11-15-25)37(2,42-36)28-24-45(6)31-17-13-12-16-26(28)31/h8-17,20-21,23-24,27H,1,18-19,22H2,2-7H3,(H,38,47)(H,40,46)(H,41,42). The van der Waals surface area contributed by atoms with E-state index in [9.17, 15) is 9.59 Å². The summed E-state index contributed by atoms with van der Waals surface area (Å²) in [6.07, 6.45) is 4.92. The van der Waals surface area contributed by atoms with Gasteiger partial charge in [0.25, 0.3) is 0 Å². The third-order valence-electron chi connectivity index (χ3n) is 8.63. The third-order valence-corrected chi connectivity index (χ3v) is 8.63. The molecule has 48 heavy (non-hydrogen) atoms. The number of nitrogens with zero attached hydrogens (tertiary/aromatic N) is 5. The maximum atomic E-state index is 13.9. The molecule has 0 saturated heterocycles. The Morgan fingerprint density at radius 3 is 2.48 bits per heavy atom. The summed E-state index contributed by atoms with van der Waals surface area (Å²) in [7, 11) is 9.56. The summed E-state index contributed by atoms with van der Waals surface area (Å²) in [6.45, 7) is 7.49. The maximum Gasteiger partial charge on any atom is 0.247 e. The van der Waals surface area contributed by atoms with E-state index in [1.54, 1.807) is 19.4 Å². The van der Waals surface area contributed by atoms with Crippen molar-refractivity contribution in [3.8, 4) is 5.75 Å². The van der Waals surface area contributed by atoms with Crippen LogP contribution in [-0.4, -0.2) is 74.8 Å². The number of para-hydroxylation sites is 1. The number of nitrogens with one attached hydrogen (secondary N) is 3. The molecule has 2 unspecified atom stereocenters. The highest BCUT2D eigenvalue weighted by molar-refractivity contribution is 6.08. The van der Waals surface area contributed by atoms with Crippen LogP contribution < -0.4 is 25.6 Å². The Balaban J connectivity index is 1.54. The number of amides is 2. The topological polar surface area (TPSA) is 116 Å². The van der Waals surface area contributed by atoms with E-state index >= 15 is 0 Å². The molecule has 0 radical (unpaired) electrons. The first kappa shape index (κ1) is 33.9. The molecule has 2 heterocycles. The summed E-state index contributed by atoms with van der Waals surface area (Å²) < 4.78 is 7.86. The molecular formula is C37H44N8O3. The molecule has 250 valence electrons. The van der Waals surface area contributed by atoms with Gasteiger partial charge in [0.1, 0.15) is 17.2 Å². The van der Waals surface area contributed by atoms with Crippen molar-refractivity contribution in [2.75, 3.05) is 56.9 Å². The van der Waals surface area contributed by atoms with Gasteiger partial charge in [-0.3, -0.25) is 9.59 Å². The number of aliphatic imine (C=N–C) groups is 2. The van der Waals surface area contributed by atoms with Crippen LogP contribution in [0.25, 0.3) is 10.9 Å². The lowest BCUT2D eigenvalue weighted by Crippen LogP contribution is -2.46. The summed E-state index contributed by atoms with van der Waals surface area (Å²) in [5.74, 6) is -0.391. The zero-order valence-corrected chi connectivity index (χ0v) is 28.4. The summed E-state index contributed by atoms with van der Waals surface area (Å²) in [4.78, 5) is 40.3. The van der Waals surface area contributed by atoms with Gasteiger partial charge in [-0.25, -0.2) is 9.98 Å². The van der Waals surface area contributed by atoms with E-state index in [-0.39, 0.29) is 11.8 Å². The molecule has 3 aromatic carbocycles. The molecule has 11 heteroatoms. The minimum absolute atomic E-state index is 0.182. The highest BCUT2D eigenvalue weighted by Gasteiger charge is 2.44. The average molecular weight is 649 g/mol. The fraction of sp³-hybridized carbons (Fsp3) is 0.297. The van der Waals surface area contributed by atoms with Crippen LogP contribution in [-0.2, 0) is 28.7 Å². The van der Waals surface area contributed by atoms with E-state index in [4.69, 9.17) is 9.73 Å². The number of benzene rings is 3. The van der Waals surface area contributed by atoms with Crippen molar-refractivity contribution in [2.24, 2.45) is 23.0 Å². The number of anilines is 3. The molecule has 2 amide bonds. The molecular weight excluding hydrogens is 604 g/mol. The van der Waals surface area contributed by atoms with Crippen LogP contribution in [0.15, 0.2) is 95.6 Å². The second kappa shape index (κ2) is 14.6. The summed E-state index contributed by atoms with van der Waals surface area (Å²) in [5, 5.41) is 10.4. The van der Waals surface area contributed by atoms with Crippen molar-refractivity contribution in [3.63, 3.8) is 0 Å². The molecule has 1 aliphatic rings. The first-order valence-electron chi connectivity index (χ1n) is 15.8. The summed E-state index contributed by atoms with van der Waals surface area (Å²) in [5.41, 5.74) is 3.80. The second-order valence-electron chi connectivity index (χ2n) is 12.3. The molecule has 0 saturated carbocycles. The Kier molecular flexibility index (Phi) is 10.3. The zero-order valence-electron chi connectivity index (χ0n) is 28.4. The van der Waals surface area contributed by atoms with Crippen LogP contribution in [0.1, 0.15) is 18.1 Å². The van der Waals surface area contributed by atoms with Gasteiger partial charge < -0.3 is 35.1 Å². The molecule has 0 aliphatic carbocycles. The van der Waals surface area contributed by atoms with E-state index in [0.29, 0.717) is 36.2 Å². The molecule has 1 aromatic heterocycles. The van der Waals surface area contributed by atoms with Gasteiger partial charge in [0.05, 0.1) is 24.2 Å². The highest BCUT2D eigenvalue weighted by Crippen LogP contribution is 2.42. The first-order valence-corrected chi connectivity index (χ1v) is 15.8. The predicted molar refractivity (Wildman–Crippen MR) is 195 cm³/mol. The van der Waals surface area contributed by atoms with Gasteiger partial charge in [-0.2, -0.15) is 0 Å². The van der Waals surface area contributed by atoms with Gasteiger partial charge in [0.2, 0.25) is 17.8 Å². The Morgan fingerprint density at radius 1 is 1.04 bits per heavy atom. The average Bonchev–Trinajstić information content (AvgIpc) is 3.43. The number of ether oxygens (including phenoxy) is 1. The number of guanidine groups is 1. The minimum Gasteiger partial charge on any atom is -0.494 e. The predicted octanol–water partition coefficient (Wildman–Crippen LogP) is 5.01. The van der Waals surface area contributed by atoms with Crippen molar-refractivity contribution in [1.29, 1.82) is 0 Å². The van der Waals surface area contributed by atoms with Gasteiger partial charge in [-0.1, -0.05) is 55.1 Å². The van der Waals surface area contributed by atoms with Gasteiger partial charge in [-0.05, 0) is 44.8 Å². The number of aromatic nitrogens is 1. The zero-order chi connectivity index (χ0) is 34.4. The van der Waals surface area contributed by atoms with Crippen LogP contribution in [0, 0.1) is 5.92 Å². The second-order valence-corrected chi connectivity index (χ2v) is 12.3. The van der Waals surface area contributed by atoms with Crippen LogP contribution >= 0.6 is 0 Å². The van der Waals surface area contributed by atoms with Gasteiger partial charge in [0.15, 0.2) is 0 Å². The molecule has 0 fully saturated rings. The molecule has 5 rings (SSSR count). The number of carbonyl (C=O) groups excluding carboxylic acids is 2. The summed E-state index contributed by atoms with van der Waals surface area (Å²) in [6, 6.07) is 21.5. The van der Waals surface area contributed by atoms with Crippen molar-refractivity contribution in [2.45, 2.75) is 19.0 Å². The third kappa shape index (κ3) is 7.26. The fourth-order valence-electron chi connectivity index (χ4n) is 5.89. The normalized spacial score (nSPS) is 17.1. The Hall–Kier alpha value is -5.42. The molecule has 2 atom stereocenters. The van der Waals surface area contributed by atoms with E-state index in [1.165, 1.54) is 6.08 Å². The number of hydrogen-bond donors (Lipinski definition) is 3. The molecule has 1 aliphatic heterocycles. The van der Waals surface area contributed by atoms with E-state index in [2.05, 4.69) is 37.3 Å². The SMILES string of the molecule is C=CC(=O)Nc1cc(NC2=NC(C)(c3cn(C)c4ccccc34)C(C(=O)NCc3ccccc3)C=N2)c(OC)cc1N(C)CCN(C)C. The van der Waals surface area contributed by atoms with E-state index in [1.807, 2.05) is 107 Å². The molecule has 0 spiro atoms.